The molecule has 0 bridgehead atoms. The van der Waals surface area contributed by atoms with Crippen LogP contribution in [0.4, 0.5) is 13.2 Å². The van der Waals surface area contributed by atoms with E-state index in [-0.39, 0.29) is 22.9 Å². The number of oxime groups is 1. The summed E-state index contributed by atoms with van der Waals surface area (Å²) in [5, 5.41) is 11.2. The van der Waals surface area contributed by atoms with Crippen molar-refractivity contribution in [2.24, 2.45) is 10.9 Å². The van der Waals surface area contributed by atoms with Crippen LogP contribution in [0.2, 0.25) is 0 Å². The lowest BCUT2D eigenvalue weighted by atomic mass is 10.2. The van der Waals surface area contributed by atoms with Gasteiger partial charge in [-0.2, -0.15) is 0 Å². The molecule has 2 rings (SSSR count). The van der Waals surface area contributed by atoms with Crippen LogP contribution in [-0.2, 0) is 0 Å². The second-order valence-corrected chi connectivity index (χ2v) is 3.81. The largest absolute Gasteiger partial charge is 0.454 e. The summed E-state index contributed by atoms with van der Waals surface area (Å²) in [5.41, 5.74) is 5.46. The first-order valence-corrected chi connectivity index (χ1v) is 5.41. The van der Waals surface area contributed by atoms with Gasteiger partial charge in [0.2, 0.25) is 0 Å². The second kappa shape index (κ2) is 5.52. The molecule has 0 aliphatic carbocycles. The van der Waals surface area contributed by atoms with Crippen LogP contribution >= 0.6 is 0 Å². The summed E-state index contributed by atoms with van der Waals surface area (Å²) in [6.07, 6.45) is 0. The fraction of sp³-hybridized carbons (Fsp3) is 0. The Morgan fingerprint density at radius 1 is 1.00 bits per heavy atom. The molecule has 2 aromatic carbocycles. The normalized spacial score (nSPS) is 11.4. The molecule has 4 nitrogen and oxygen atoms in total. The van der Waals surface area contributed by atoms with Crippen molar-refractivity contribution >= 4 is 5.84 Å². The zero-order chi connectivity index (χ0) is 14.7. The van der Waals surface area contributed by atoms with E-state index in [1.165, 1.54) is 12.1 Å². The zero-order valence-corrected chi connectivity index (χ0v) is 9.98. The first-order valence-electron chi connectivity index (χ1n) is 5.41. The molecule has 0 aliphatic rings. The minimum absolute atomic E-state index is 0.0562. The van der Waals surface area contributed by atoms with Gasteiger partial charge in [0.25, 0.3) is 0 Å². The molecular weight excluding hydrogens is 273 g/mol. The lowest BCUT2D eigenvalue weighted by Crippen LogP contribution is -2.13. The van der Waals surface area contributed by atoms with Crippen molar-refractivity contribution in [2.45, 2.75) is 0 Å². The number of nitrogens with zero attached hydrogens (tertiary/aromatic N) is 1. The van der Waals surface area contributed by atoms with E-state index in [0.717, 1.165) is 24.3 Å². The molecule has 0 atom stereocenters. The van der Waals surface area contributed by atoms with Gasteiger partial charge in [-0.15, -0.1) is 0 Å². The average molecular weight is 282 g/mol. The molecule has 0 saturated heterocycles. The van der Waals surface area contributed by atoms with Crippen LogP contribution in [0.15, 0.2) is 41.6 Å². The van der Waals surface area contributed by atoms with Gasteiger partial charge < -0.3 is 15.7 Å². The van der Waals surface area contributed by atoms with Crippen LogP contribution in [0.25, 0.3) is 0 Å². The molecule has 0 saturated carbocycles. The van der Waals surface area contributed by atoms with Gasteiger partial charge >= 0.3 is 0 Å². The number of amidine groups is 1. The van der Waals surface area contributed by atoms with Gasteiger partial charge in [0.05, 0.1) is 0 Å². The van der Waals surface area contributed by atoms with Crippen molar-refractivity contribution in [3.05, 3.63) is 59.4 Å². The molecule has 0 fully saturated rings. The van der Waals surface area contributed by atoms with Crippen LogP contribution in [0.3, 0.4) is 0 Å². The summed E-state index contributed by atoms with van der Waals surface area (Å²) < 4.78 is 44.5. The molecule has 0 amide bonds. The minimum Gasteiger partial charge on any atom is -0.454 e. The van der Waals surface area contributed by atoms with Crippen molar-refractivity contribution in [2.75, 3.05) is 0 Å². The standard InChI is InChI=1S/C13H9F3N2O2/c14-9-3-2-8(6-10(9)15)20-12-4-1-7(5-11(12)16)13(17)18-19/h1-6,19H,(H2,17,18). The van der Waals surface area contributed by atoms with Gasteiger partial charge in [-0.1, -0.05) is 5.16 Å². The Morgan fingerprint density at radius 3 is 2.35 bits per heavy atom. The van der Waals surface area contributed by atoms with Crippen LogP contribution in [0, 0.1) is 17.5 Å². The lowest BCUT2D eigenvalue weighted by molar-refractivity contribution is 0.318. The summed E-state index contributed by atoms with van der Waals surface area (Å²) in [4.78, 5) is 0. The van der Waals surface area contributed by atoms with E-state index in [2.05, 4.69) is 5.16 Å². The number of hydrogen-bond donors (Lipinski definition) is 2. The number of nitrogens with two attached hydrogens (primary N) is 1. The number of rotatable bonds is 3. The van der Waals surface area contributed by atoms with Gasteiger partial charge in [0, 0.05) is 11.6 Å². The molecular formula is C13H9F3N2O2. The predicted octanol–water partition coefficient (Wildman–Crippen LogP) is 2.99. The van der Waals surface area contributed by atoms with Crippen molar-refractivity contribution in [1.82, 2.24) is 0 Å². The predicted molar refractivity (Wildman–Crippen MR) is 65.3 cm³/mol. The summed E-state index contributed by atoms with van der Waals surface area (Å²) in [6.45, 7) is 0. The van der Waals surface area contributed by atoms with E-state index in [1.54, 1.807) is 0 Å². The maximum atomic E-state index is 13.7. The van der Waals surface area contributed by atoms with E-state index < -0.39 is 17.5 Å². The fourth-order valence-electron chi connectivity index (χ4n) is 1.47. The van der Waals surface area contributed by atoms with Crippen molar-refractivity contribution < 1.29 is 23.1 Å². The highest BCUT2D eigenvalue weighted by atomic mass is 19.2. The number of benzene rings is 2. The quantitative estimate of drug-likeness (QED) is 0.393. The van der Waals surface area contributed by atoms with E-state index in [0.29, 0.717) is 0 Å². The summed E-state index contributed by atoms with van der Waals surface area (Å²) >= 11 is 0. The number of ether oxygens (including phenoxy) is 1. The maximum Gasteiger partial charge on any atom is 0.170 e. The molecule has 0 aromatic heterocycles. The molecule has 0 spiro atoms. The minimum atomic E-state index is -1.10. The van der Waals surface area contributed by atoms with Crippen molar-refractivity contribution in [3.63, 3.8) is 0 Å². The van der Waals surface area contributed by atoms with Gasteiger partial charge in [-0.3, -0.25) is 0 Å². The highest BCUT2D eigenvalue weighted by Gasteiger charge is 2.10. The van der Waals surface area contributed by atoms with Crippen LogP contribution in [0.1, 0.15) is 5.56 Å². The molecule has 0 unspecified atom stereocenters. The SMILES string of the molecule is N/C(=N\O)c1ccc(Oc2ccc(F)c(F)c2)c(F)c1. The Morgan fingerprint density at radius 2 is 1.75 bits per heavy atom. The Bertz CT molecular complexity index is 675. The Hall–Kier alpha value is -2.70. The third kappa shape index (κ3) is 2.82. The van der Waals surface area contributed by atoms with Crippen molar-refractivity contribution in [3.8, 4) is 11.5 Å². The van der Waals surface area contributed by atoms with Gasteiger partial charge in [0.15, 0.2) is 29.0 Å². The highest BCUT2D eigenvalue weighted by molar-refractivity contribution is 5.97. The molecule has 0 heterocycles. The molecule has 0 aliphatic heterocycles. The molecule has 104 valence electrons. The Kier molecular flexibility index (Phi) is 3.79. The Labute approximate surface area is 111 Å². The molecule has 20 heavy (non-hydrogen) atoms. The van der Waals surface area contributed by atoms with E-state index in [1.807, 2.05) is 0 Å². The monoisotopic (exact) mass is 282 g/mol. The van der Waals surface area contributed by atoms with E-state index in [4.69, 9.17) is 15.7 Å². The summed E-state index contributed by atoms with van der Waals surface area (Å²) in [7, 11) is 0. The van der Waals surface area contributed by atoms with Gasteiger partial charge in [0.1, 0.15) is 5.75 Å². The third-order valence-corrected chi connectivity index (χ3v) is 2.45. The zero-order valence-electron chi connectivity index (χ0n) is 9.98. The number of halogens is 3. The number of hydrogen-bond acceptors (Lipinski definition) is 3. The van der Waals surface area contributed by atoms with Crippen LogP contribution in [0.5, 0.6) is 11.5 Å². The summed E-state index contributed by atoms with van der Waals surface area (Å²) in [6, 6.07) is 6.40. The van der Waals surface area contributed by atoms with Crippen LogP contribution in [-0.4, -0.2) is 11.0 Å². The highest BCUT2D eigenvalue weighted by Crippen LogP contribution is 2.26. The second-order valence-electron chi connectivity index (χ2n) is 3.81. The third-order valence-electron chi connectivity index (χ3n) is 2.45. The van der Waals surface area contributed by atoms with E-state index >= 15 is 0 Å². The summed E-state index contributed by atoms with van der Waals surface area (Å²) in [5.74, 6) is -3.44. The molecule has 7 heteroatoms. The lowest BCUT2D eigenvalue weighted by Gasteiger charge is -2.08. The van der Waals surface area contributed by atoms with Gasteiger partial charge in [-0.05, 0) is 30.3 Å². The molecule has 3 N–H and O–H groups in total. The van der Waals surface area contributed by atoms with Gasteiger partial charge in [-0.25, -0.2) is 13.2 Å². The maximum absolute atomic E-state index is 13.7. The van der Waals surface area contributed by atoms with Crippen LogP contribution < -0.4 is 10.5 Å². The first-order chi connectivity index (χ1) is 9.51. The van der Waals surface area contributed by atoms with E-state index in [9.17, 15) is 13.2 Å². The molecule has 2 aromatic rings. The average Bonchev–Trinajstić information content (AvgIpc) is 2.44. The first kappa shape index (κ1) is 13.7. The fourth-order valence-corrected chi connectivity index (χ4v) is 1.47. The smallest absolute Gasteiger partial charge is 0.170 e. The van der Waals surface area contributed by atoms with Crippen molar-refractivity contribution in [1.29, 1.82) is 0 Å². The Balaban J connectivity index is 2.28. The topological polar surface area (TPSA) is 67.8 Å². The molecule has 0 radical (unpaired) electrons.